The zero-order valence-corrected chi connectivity index (χ0v) is 9.51. The molecule has 0 atom stereocenters. The lowest BCUT2D eigenvalue weighted by Gasteiger charge is -2.12. The van der Waals surface area contributed by atoms with Crippen LogP contribution in [0.5, 0.6) is 11.5 Å². The minimum atomic E-state index is 0.876. The summed E-state index contributed by atoms with van der Waals surface area (Å²) in [5.41, 5.74) is 1.13. The largest absolute Gasteiger partial charge is 0.496 e. The zero-order chi connectivity index (χ0) is 10.4. The molecule has 78 valence electrons. The van der Waals surface area contributed by atoms with E-state index in [2.05, 4.69) is 12.6 Å². The van der Waals surface area contributed by atoms with E-state index in [4.69, 9.17) is 9.47 Å². The maximum atomic E-state index is 5.28. The Kier molecular flexibility index (Phi) is 4.66. The van der Waals surface area contributed by atoms with Gasteiger partial charge in [-0.15, -0.1) is 0 Å². The number of ether oxygens (including phenoxy) is 2. The van der Waals surface area contributed by atoms with Crippen LogP contribution in [0.1, 0.15) is 12.0 Å². The number of hydrogen-bond acceptors (Lipinski definition) is 3. The van der Waals surface area contributed by atoms with Crippen molar-refractivity contribution in [3.8, 4) is 11.5 Å². The number of rotatable bonds is 5. The monoisotopic (exact) mass is 212 g/mol. The summed E-state index contributed by atoms with van der Waals surface area (Å²) in [5, 5.41) is 0. The summed E-state index contributed by atoms with van der Waals surface area (Å²) in [6.45, 7) is 0. The van der Waals surface area contributed by atoms with Crippen LogP contribution in [0.4, 0.5) is 0 Å². The Bertz CT molecular complexity index is 264. The van der Waals surface area contributed by atoms with Crippen LogP contribution in [-0.4, -0.2) is 20.0 Å². The molecule has 0 aliphatic carbocycles. The lowest BCUT2D eigenvalue weighted by Crippen LogP contribution is -1.97. The van der Waals surface area contributed by atoms with Crippen molar-refractivity contribution in [3.05, 3.63) is 23.8 Å². The van der Waals surface area contributed by atoms with Crippen molar-refractivity contribution in [2.75, 3.05) is 20.0 Å². The van der Waals surface area contributed by atoms with Gasteiger partial charge in [-0.2, -0.15) is 12.6 Å². The van der Waals surface area contributed by atoms with Gasteiger partial charge in [0.05, 0.1) is 14.2 Å². The van der Waals surface area contributed by atoms with E-state index in [9.17, 15) is 0 Å². The molecule has 0 amide bonds. The number of hydrogen-bond donors (Lipinski definition) is 1. The lowest BCUT2D eigenvalue weighted by atomic mass is 10.1. The maximum absolute atomic E-state index is 5.28. The Morgan fingerprint density at radius 2 is 1.71 bits per heavy atom. The molecule has 0 N–H and O–H groups in total. The second-order valence-corrected chi connectivity index (χ2v) is 3.42. The highest BCUT2D eigenvalue weighted by atomic mass is 32.1. The quantitative estimate of drug-likeness (QED) is 0.756. The lowest BCUT2D eigenvalue weighted by molar-refractivity contribution is 0.385. The van der Waals surface area contributed by atoms with Crippen molar-refractivity contribution in [2.24, 2.45) is 0 Å². The van der Waals surface area contributed by atoms with Crippen LogP contribution >= 0.6 is 12.6 Å². The predicted molar refractivity (Wildman–Crippen MR) is 61.7 cm³/mol. The van der Waals surface area contributed by atoms with Gasteiger partial charge in [0.15, 0.2) is 0 Å². The molecule has 0 unspecified atom stereocenters. The van der Waals surface area contributed by atoms with Gasteiger partial charge >= 0.3 is 0 Å². The molecule has 0 bridgehead atoms. The van der Waals surface area contributed by atoms with Crippen LogP contribution in [0, 0.1) is 0 Å². The fourth-order valence-electron chi connectivity index (χ4n) is 1.43. The standard InChI is InChI=1S/C11H16O2S/c1-12-10-6-3-7-11(13-2)9(10)5-4-8-14/h3,6-7,14H,4-5,8H2,1-2H3. The molecule has 2 nitrogen and oxygen atoms in total. The van der Waals surface area contributed by atoms with Crippen LogP contribution in [0.15, 0.2) is 18.2 Å². The molecule has 0 fully saturated rings. The van der Waals surface area contributed by atoms with E-state index >= 15 is 0 Å². The van der Waals surface area contributed by atoms with Crippen LogP contribution in [-0.2, 0) is 6.42 Å². The Labute approximate surface area is 90.6 Å². The average molecular weight is 212 g/mol. The SMILES string of the molecule is COc1cccc(OC)c1CCCS. The van der Waals surface area contributed by atoms with E-state index in [0.717, 1.165) is 35.7 Å². The van der Waals surface area contributed by atoms with Gasteiger partial charge in [0.2, 0.25) is 0 Å². The number of thiol groups is 1. The summed E-state index contributed by atoms with van der Waals surface area (Å²) < 4.78 is 10.6. The van der Waals surface area contributed by atoms with Crippen molar-refractivity contribution >= 4 is 12.6 Å². The molecule has 0 aliphatic rings. The third kappa shape index (κ3) is 2.58. The Morgan fingerprint density at radius 1 is 1.14 bits per heavy atom. The summed E-state index contributed by atoms with van der Waals surface area (Å²) in [7, 11) is 3.36. The van der Waals surface area contributed by atoms with E-state index < -0.39 is 0 Å². The fourth-order valence-corrected chi connectivity index (χ4v) is 1.59. The van der Waals surface area contributed by atoms with Crippen molar-refractivity contribution in [1.29, 1.82) is 0 Å². The van der Waals surface area contributed by atoms with Gasteiger partial charge in [-0.25, -0.2) is 0 Å². The summed E-state index contributed by atoms with van der Waals surface area (Å²) in [4.78, 5) is 0. The number of benzene rings is 1. The first-order valence-corrected chi connectivity index (χ1v) is 5.27. The molecule has 0 saturated carbocycles. The molecule has 0 heterocycles. The first kappa shape index (κ1) is 11.2. The van der Waals surface area contributed by atoms with Crippen LogP contribution in [0.3, 0.4) is 0 Å². The summed E-state index contributed by atoms with van der Waals surface area (Å²) >= 11 is 4.20. The number of methoxy groups -OCH3 is 2. The summed E-state index contributed by atoms with van der Waals surface area (Å²) in [6, 6.07) is 5.84. The summed E-state index contributed by atoms with van der Waals surface area (Å²) in [6.07, 6.45) is 1.97. The Hall–Kier alpha value is -0.830. The highest BCUT2D eigenvalue weighted by molar-refractivity contribution is 7.80. The highest BCUT2D eigenvalue weighted by Gasteiger charge is 2.08. The highest BCUT2D eigenvalue weighted by Crippen LogP contribution is 2.29. The van der Waals surface area contributed by atoms with E-state index in [1.165, 1.54) is 0 Å². The second kappa shape index (κ2) is 5.81. The van der Waals surface area contributed by atoms with Gasteiger partial charge in [-0.05, 0) is 30.7 Å². The molecular weight excluding hydrogens is 196 g/mol. The molecule has 1 aromatic carbocycles. The van der Waals surface area contributed by atoms with E-state index in [1.54, 1.807) is 14.2 Å². The van der Waals surface area contributed by atoms with Gasteiger partial charge in [0.1, 0.15) is 11.5 Å². The minimum absolute atomic E-state index is 0.876. The van der Waals surface area contributed by atoms with Crippen molar-refractivity contribution in [3.63, 3.8) is 0 Å². The van der Waals surface area contributed by atoms with Gasteiger partial charge in [0, 0.05) is 5.56 Å². The van der Waals surface area contributed by atoms with Crippen molar-refractivity contribution < 1.29 is 9.47 Å². The molecular formula is C11H16O2S. The molecule has 0 aliphatic heterocycles. The molecule has 0 spiro atoms. The third-order valence-corrected chi connectivity index (χ3v) is 2.43. The van der Waals surface area contributed by atoms with Gasteiger partial charge < -0.3 is 9.47 Å². The van der Waals surface area contributed by atoms with Crippen molar-refractivity contribution in [1.82, 2.24) is 0 Å². The predicted octanol–water partition coefficient (Wildman–Crippen LogP) is 2.57. The molecule has 14 heavy (non-hydrogen) atoms. The fraction of sp³-hybridized carbons (Fsp3) is 0.455. The van der Waals surface area contributed by atoms with E-state index in [1.807, 2.05) is 18.2 Å². The Morgan fingerprint density at radius 3 is 2.14 bits per heavy atom. The van der Waals surface area contributed by atoms with Crippen LogP contribution in [0.25, 0.3) is 0 Å². The summed E-state index contributed by atoms with van der Waals surface area (Å²) in [5.74, 6) is 2.67. The van der Waals surface area contributed by atoms with Crippen LogP contribution in [0.2, 0.25) is 0 Å². The molecule has 3 heteroatoms. The average Bonchev–Trinajstić information content (AvgIpc) is 2.25. The topological polar surface area (TPSA) is 18.5 Å². The van der Waals surface area contributed by atoms with Crippen LogP contribution < -0.4 is 9.47 Å². The minimum Gasteiger partial charge on any atom is -0.496 e. The van der Waals surface area contributed by atoms with Gasteiger partial charge in [-0.1, -0.05) is 6.07 Å². The normalized spacial score (nSPS) is 9.93. The van der Waals surface area contributed by atoms with Gasteiger partial charge in [0.25, 0.3) is 0 Å². The van der Waals surface area contributed by atoms with Crippen molar-refractivity contribution in [2.45, 2.75) is 12.8 Å². The molecule has 1 rings (SSSR count). The van der Waals surface area contributed by atoms with E-state index in [-0.39, 0.29) is 0 Å². The first-order chi connectivity index (χ1) is 6.83. The molecule has 0 radical (unpaired) electrons. The van der Waals surface area contributed by atoms with Gasteiger partial charge in [-0.3, -0.25) is 0 Å². The first-order valence-electron chi connectivity index (χ1n) is 4.64. The maximum Gasteiger partial charge on any atom is 0.125 e. The smallest absolute Gasteiger partial charge is 0.125 e. The second-order valence-electron chi connectivity index (χ2n) is 2.97. The zero-order valence-electron chi connectivity index (χ0n) is 8.62. The Balaban J connectivity index is 2.93. The molecule has 1 aromatic rings. The molecule has 0 saturated heterocycles. The van der Waals surface area contributed by atoms with E-state index in [0.29, 0.717) is 0 Å². The molecule has 0 aromatic heterocycles. The third-order valence-electron chi connectivity index (χ3n) is 2.11.